The molecule has 0 radical (unpaired) electrons. The largest absolute Gasteiger partial charge is 0.497 e. The Morgan fingerprint density at radius 2 is 1.65 bits per heavy atom. The van der Waals surface area contributed by atoms with Crippen LogP contribution in [-0.2, 0) is 6.42 Å². The average molecular weight is 401 g/mol. The molecule has 0 unspecified atom stereocenters. The zero-order valence-electron chi connectivity index (χ0n) is 11.0. The molecule has 0 fully saturated rings. The highest BCUT2D eigenvalue weighted by atomic mass is 79.9. The predicted molar refractivity (Wildman–Crippen MR) is 87.7 cm³/mol. The first-order valence-corrected chi connectivity index (χ1v) is 7.72. The molecule has 0 aliphatic heterocycles. The molecule has 0 aromatic heterocycles. The van der Waals surface area contributed by atoms with E-state index in [2.05, 4.69) is 31.9 Å². The summed E-state index contributed by atoms with van der Waals surface area (Å²) in [7, 11) is 1.63. The second kappa shape index (κ2) is 7.11. The van der Waals surface area contributed by atoms with E-state index in [1.165, 1.54) is 5.56 Å². The van der Waals surface area contributed by atoms with Crippen LogP contribution >= 0.6 is 31.9 Å². The molecule has 0 aliphatic carbocycles. The molecule has 0 atom stereocenters. The van der Waals surface area contributed by atoms with Gasteiger partial charge in [-0.2, -0.15) is 0 Å². The maximum absolute atomic E-state index is 5.89. The van der Waals surface area contributed by atoms with Gasteiger partial charge in [0.2, 0.25) is 0 Å². The molecular weight excluding hydrogens is 386 g/mol. The van der Waals surface area contributed by atoms with E-state index in [9.17, 15) is 0 Å². The molecule has 0 spiro atoms. The highest BCUT2D eigenvalue weighted by molar-refractivity contribution is 9.11. The van der Waals surface area contributed by atoms with Crippen LogP contribution in [0.3, 0.4) is 0 Å². The Labute approximate surface area is 135 Å². The van der Waals surface area contributed by atoms with E-state index in [0.717, 1.165) is 32.6 Å². The smallest absolute Gasteiger partial charge is 0.141 e. The van der Waals surface area contributed by atoms with Crippen molar-refractivity contribution >= 4 is 31.9 Å². The Bertz CT molecular complexity index is 602. The third-order valence-corrected chi connectivity index (χ3v) is 4.03. The van der Waals surface area contributed by atoms with Gasteiger partial charge in [0, 0.05) is 0 Å². The van der Waals surface area contributed by atoms with E-state index in [1.807, 2.05) is 36.4 Å². The van der Waals surface area contributed by atoms with Crippen molar-refractivity contribution in [3.8, 4) is 17.2 Å². The van der Waals surface area contributed by atoms with Crippen LogP contribution in [0.2, 0.25) is 0 Å². The quantitative estimate of drug-likeness (QED) is 0.802. The fraction of sp³-hybridized carbons (Fsp3) is 0.200. The topological polar surface area (TPSA) is 44.5 Å². The van der Waals surface area contributed by atoms with Crippen molar-refractivity contribution in [3.05, 3.63) is 50.9 Å². The Kier molecular flexibility index (Phi) is 5.46. The monoisotopic (exact) mass is 399 g/mol. The molecule has 2 aromatic carbocycles. The van der Waals surface area contributed by atoms with E-state index >= 15 is 0 Å². The van der Waals surface area contributed by atoms with Crippen LogP contribution in [0.4, 0.5) is 0 Å². The highest BCUT2D eigenvalue weighted by Crippen LogP contribution is 2.36. The summed E-state index contributed by atoms with van der Waals surface area (Å²) >= 11 is 6.99. The summed E-state index contributed by atoms with van der Waals surface area (Å²) in [4.78, 5) is 0. The zero-order chi connectivity index (χ0) is 14.5. The first-order chi connectivity index (χ1) is 9.63. The minimum Gasteiger partial charge on any atom is -0.497 e. The van der Waals surface area contributed by atoms with Crippen molar-refractivity contribution in [2.24, 2.45) is 5.73 Å². The van der Waals surface area contributed by atoms with Gasteiger partial charge < -0.3 is 15.2 Å². The molecule has 2 N–H and O–H groups in total. The number of hydrogen-bond acceptors (Lipinski definition) is 3. The second-order valence-electron chi connectivity index (χ2n) is 4.20. The van der Waals surface area contributed by atoms with Crippen molar-refractivity contribution in [2.75, 3.05) is 13.7 Å². The summed E-state index contributed by atoms with van der Waals surface area (Å²) in [6.45, 7) is 0.636. The van der Waals surface area contributed by atoms with Crippen molar-refractivity contribution < 1.29 is 9.47 Å². The molecule has 0 amide bonds. The lowest BCUT2D eigenvalue weighted by atomic mass is 10.1. The van der Waals surface area contributed by atoms with E-state index in [1.54, 1.807) is 7.11 Å². The maximum atomic E-state index is 5.89. The minimum absolute atomic E-state index is 0.636. The standard InChI is InChI=1S/C15H15Br2NO2/c1-19-11-3-5-15(13(17)9-11)20-14-4-2-10(6-7-18)8-12(14)16/h2-5,8-9H,6-7,18H2,1H3. The molecule has 0 bridgehead atoms. The van der Waals surface area contributed by atoms with E-state index in [4.69, 9.17) is 15.2 Å². The van der Waals surface area contributed by atoms with Crippen LogP contribution < -0.4 is 15.2 Å². The number of ether oxygens (including phenoxy) is 2. The van der Waals surface area contributed by atoms with Crippen LogP contribution in [0, 0.1) is 0 Å². The summed E-state index contributed by atoms with van der Waals surface area (Å²) in [6, 6.07) is 11.6. The summed E-state index contributed by atoms with van der Waals surface area (Å²) in [6.07, 6.45) is 0.852. The van der Waals surface area contributed by atoms with Gasteiger partial charge in [0.25, 0.3) is 0 Å². The number of methoxy groups -OCH3 is 1. The number of nitrogens with two attached hydrogens (primary N) is 1. The van der Waals surface area contributed by atoms with E-state index < -0.39 is 0 Å². The molecule has 0 heterocycles. The number of hydrogen-bond donors (Lipinski definition) is 1. The van der Waals surface area contributed by atoms with Crippen LogP contribution in [-0.4, -0.2) is 13.7 Å². The average Bonchev–Trinajstić information content (AvgIpc) is 2.44. The normalized spacial score (nSPS) is 10.4. The van der Waals surface area contributed by atoms with Gasteiger partial charge in [-0.25, -0.2) is 0 Å². The lowest BCUT2D eigenvalue weighted by molar-refractivity contribution is 0.412. The number of rotatable bonds is 5. The molecule has 0 saturated heterocycles. The Hall–Kier alpha value is -1.04. The van der Waals surface area contributed by atoms with Crippen LogP contribution in [0.1, 0.15) is 5.56 Å². The van der Waals surface area contributed by atoms with Crippen molar-refractivity contribution in [1.82, 2.24) is 0 Å². The van der Waals surface area contributed by atoms with Crippen LogP contribution in [0.5, 0.6) is 17.2 Å². The third kappa shape index (κ3) is 3.75. The molecule has 3 nitrogen and oxygen atoms in total. The summed E-state index contributed by atoms with van der Waals surface area (Å²) < 4.78 is 12.8. The van der Waals surface area contributed by atoms with Gasteiger partial charge in [0.05, 0.1) is 16.1 Å². The molecule has 20 heavy (non-hydrogen) atoms. The molecule has 2 aromatic rings. The SMILES string of the molecule is COc1ccc(Oc2ccc(CCN)cc2Br)c(Br)c1. The predicted octanol–water partition coefficient (Wildman–Crippen LogP) is 4.51. The minimum atomic E-state index is 0.636. The van der Waals surface area contributed by atoms with Gasteiger partial charge in [-0.05, 0) is 80.7 Å². The first-order valence-electron chi connectivity index (χ1n) is 6.14. The van der Waals surface area contributed by atoms with Gasteiger partial charge >= 0.3 is 0 Å². The lowest BCUT2D eigenvalue weighted by Crippen LogP contribution is -2.02. The van der Waals surface area contributed by atoms with Crippen LogP contribution in [0.15, 0.2) is 45.3 Å². The van der Waals surface area contributed by atoms with Crippen LogP contribution in [0.25, 0.3) is 0 Å². The summed E-state index contributed by atoms with van der Waals surface area (Å²) in [5.41, 5.74) is 6.74. The molecule has 106 valence electrons. The molecule has 5 heteroatoms. The summed E-state index contributed by atoms with van der Waals surface area (Å²) in [5, 5.41) is 0. The van der Waals surface area contributed by atoms with Gasteiger partial charge in [-0.15, -0.1) is 0 Å². The molecular formula is C15H15Br2NO2. The third-order valence-electron chi connectivity index (χ3n) is 2.79. The second-order valence-corrected chi connectivity index (χ2v) is 5.91. The lowest BCUT2D eigenvalue weighted by Gasteiger charge is -2.11. The number of benzene rings is 2. The van der Waals surface area contributed by atoms with Gasteiger partial charge in [0.15, 0.2) is 0 Å². The van der Waals surface area contributed by atoms with E-state index in [0.29, 0.717) is 6.54 Å². The highest BCUT2D eigenvalue weighted by Gasteiger charge is 2.08. The molecule has 0 aliphatic rings. The Balaban J connectivity index is 2.21. The van der Waals surface area contributed by atoms with Gasteiger partial charge in [0.1, 0.15) is 17.2 Å². The van der Waals surface area contributed by atoms with Crippen molar-refractivity contribution in [1.29, 1.82) is 0 Å². The number of halogens is 2. The Morgan fingerprint density at radius 3 is 2.20 bits per heavy atom. The Morgan fingerprint density at radius 1 is 1.00 bits per heavy atom. The fourth-order valence-electron chi connectivity index (χ4n) is 1.76. The van der Waals surface area contributed by atoms with Gasteiger partial charge in [-0.3, -0.25) is 0 Å². The fourth-order valence-corrected chi connectivity index (χ4v) is 2.70. The van der Waals surface area contributed by atoms with Crippen molar-refractivity contribution in [3.63, 3.8) is 0 Å². The van der Waals surface area contributed by atoms with Gasteiger partial charge in [-0.1, -0.05) is 6.07 Å². The molecule has 2 rings (SSSR count). The summed E-state index contributed by atoms with van der Waals surface area (Å²) in [5.74, 6) is 2.27. The zero-order valence-corrected chi connectivity index (χ0v) is 14.2. The first kappa shape index (κ1) is 15.4. The van der Waals surface area contributed by atoms with Crippen molar-refractivity contribution in [2.45, 2.75) is 6.42 Å². The van der Waals surface area contributed by atoms with E-state index in [-0.39, 0.29) is 0 Å². The molecule has 0 saturated carbocycles. The maximum Gasteiger partial charge on any atom is 0.141 e.